The maximum atomic E-state index is 9.25. The molecule has 60 valence electrons. The number of anilines is 1. The van der Waals surface area contributed by atoms with Gasteiger partial charge in [-0.25, -0.2) is 0 Å². The van der Waals surface area contributed by atoms with Crippen LogP contribution >= 0.6 is 11.8 Å². The fraction of sp³-hybridized carbons (Fsp3) is 0.600. The van der Waals surface area contributed by atoms with E-state index in [2.05, 4.69) is 10.2 Å². The summed E-state index contributed by atoms with van der Waals surface area (Å²) >= 11 is 1.48. The first-order valence-electron chi connectivity index (χ1n) is 3.27. The largest absolute Gasteiger partial charge is 0.390 e. The van der Waals surface area contributed by atoms with Crippen LogP contribution in [0.5, 0.6) is 0 Å². The van der Waals surface area contributed by atoms with Gasteiger partial charge in [0.05, 0.1) is 12.6 Å². The van der Waals surface area contributed by atoms with Crippen molar-refractivity contribution < 1.29 is 5.11 Å². The maximum absolute atomic E-state index is 9.25. The van der Waals surface area contributed by atoms with Gasteiger partial charge in [0.25, 0.3) is 0 Å². The van der Waals surface area contributed by atoms with E-state index in [9.17, 15) is 5.11 Å². The summed E-state index contributed by atoms with van der Waals surface area (Å²) in [7, 11) is 0. The minimum absolute atomic E-state index is 0.328. The predicted molar refractivity (Wildman–Crippen MR) is 41.2 cm³/mol. The van der Waals surface area contributed by atoms with E-state index in [0.717, 1.165) is 5.16 Å². The zero-order valence-corrected chi connectivity index (χ0v) is 6.58. The highest BCUT2D eigenvalue weighted by molar-refractivity contribution is 7.99. The van der Waals surface area contributed by atoms with Crippen LogP contribution in [-0.4, -0.2) is 31.7 Å². The van der Waals surface area contributed by atoms with Crippen LogP contribution in [0.1, 0.15) is 0 Å². The van der Waals surface area contributed by atoms with Crippen molar-refractivity contribution in [3.8, 4) is 0 Å². The average molecular weight is 172 g/mol. The van der Waals surface area contributed by atoms with E-state index in [4.69, 9.17) is 5.73 Å². The van der Waals surface area contributed by atoms with Crippen molar-refractivity contribution in [2.24, 2.45) is 0 Å². The van der Waals surface area contributed by atoms with Crippen LogP contribution < -0.4 is 5.73 Å². The van der Waals surface area contributed by atoms with Crippen LogP contribution in [-0.2, 0) is 6.54 Å². The van der Waals surface area contributed by atoms with Crippen molar-refractivity contribution >= 4 is 17.7 Å². The summed E-state index contributed by atoms with van der Waals surface area (Å²) in [5.74, 6) is 1.06. The van der Waals surface area contributed by atoms with Crippen LogP contribution in [0.15, 0.2) is 5.16 Å². The first-order chi connectivity index (χ1) is 5.27. The normalized spacial score (nSPS) is 23.2. The lowest BCUT2D eigenvalue weighted by molar-refractivity contribution is 0.171. The second-order valence-corrected chi connectivity index (χ2v) is 3.40. The molecule has 11 heavy (non-hydrogen) atoms. The summed E-state index contributed by atoms with van der Waals surface area (Å²) in [6.07, 6.45) is -0.328. The number of rotatable bonds is 0. The molecule has 6 heteroatoms. The van der Waals surface area contributed by atoms with Gasteiger partial charge in [0, 0.05) is 5.75 Å². The Labute approximate surface area is 67.6 Å². The zero-order chi connectivity index (χ0) is 7.84. The molecule has 2 rings (SSSR count). The summed E-state index contributed by atoms with van der Waals surface area (Å²) in [5, 5.41) is 17.6. The topological polar surface area (TPSA) is 77.0 Å². The molecule has 2 heterocycles. The Kier molecular flexibility index (Phi) is 1.50. The molecular weight excluding hydrogens is 164 g/mol. The predicted octanol–water partition coefficient (Wildman–Crippen LogP) is -0.673. The number of thioether (sulfide) groups is 1. The molecule has 1 aliphatic rings. The first kappa shape index (κ1) is 6.93. The van der Waals surface area contributed by atoms with E-state index in [1.807, 2.05) is 0 Å². The number of hydrogen-bond donors (Lipinski definition) is 2. The minimum atomic E-state index is -0.328. The molecule has 1 aromatic heterocycles. The van der Waals surface area contributed by atoms with Crippen LogP contribution in [0.25, 0.3) is 0 Å². The Morgan fingerprint density at radius 2 is 2.45 bits per heavy atom. The second-order valence-electron chi connectivity index (χ2n) is 2.42. The maximum Gasteiger partial charge on any atom is 0.222 e. The highest BCUT2D eigenvalue weighted by Gasteiger charge is 2.20. The first-order valence-corrected chi connectivity index (χ1v) is 4.25. The number of aromatic nitrogens is 3. The molecule has 0 radical (unpaired) electrons. The Bertz CT molecular complexity index is 273. The molecule has 0 spiro atoms. The lowest BCUT2D eigenvalue weighted by Crippen LogP contribution is -2.24. The molecule has 1 atom stereocenters. The lowest BCUT2D eigenvalue weighted by atomic mass is 10.4. The third-order valence-electron chi connectivity index (χ3n) is 1.54. The lowest BCUT2D eigenvalue weighted by Gasteiger charge is -2.17. The van der Waals surface area contributed by atoms with Crippen LogP contribution in [0.2, 0.25) is 0 Å². The van der Waals surface area contributed by atoms with Crippen molar-refractivity contribution in [2.45, 2.75) is 17.8 Å². The molecule has 5 nitrogen and oxygen atoms in total. The molecule has 1 aliphatic heterocycles. The Morgan fingerprint density at radius 3 is 3.27 bits per heavy atom. The molecule has 0 bridgehead atoms. The van der Waals surface area contributed by atoms with Crippen molar-refractivity contribution in [1.29, 1.82) is 0 Å². The molecule has 0 aliphatic carbocycles. The monoisotopic (exact) mass is 172 g/mol. The molecule has 0 amide bonds. The number of fused-ring (bicyclic) bond motifs is 1. The highest BCUT2D eigenvalue weighted by Crippen LogP contribution is 2.24. The van der Waals surface area contributed by atoms with Crippen LogP contribution in [0, 0.1) is 0 Å². The number of aliphatic hydroxyl groups is 1. The highest BCUT2D eigenvalue weighted by atomic mass is 32.2. The van der Waals surface area contributed by atoms with Gasteiger partial charge in [-0.15, -0.1) is 10.2 Å². The Morgan fingerprint density at radius 1 is 1.64 bits per heavy atom. The van der Waals surface area contributed by atoms with Crippen molar-refractivity contribution in [3.05, 3.63) is 0 Å². The summed E-state index contributed by atoms with van der Waals surface area (Å²) in [6, 6.07) is 0. The number of nitrogens with two attached hydrogens (primary N) is 1. The summed E-state index contributed by atoms with van der Waals surface area (Å²) in [4.78, 5) is 0. The summed E-state index contributed by atoms with van der Waals surface area (Å²) in [6.45, 7) is 0.515. The smallest absolute Gasteiger partial charge is 0.222 e. The number of nitrogens with zero attached hydrogens (tertiary/aromatic N) is 3. The van der Waals surface area contributed by atoms with Crippen LogP contribution in [0.3, 0.4) is 0 Å². The van der Waals surface area contributed by atoms with Gasteiger partial charge in [-0.1, -0.05) is 11.8 Å². The van der Waals surface area contributed by atoms with Gasteiger partial charge in [-0.05, 0) is 0 Å². The van der Waals surface area contributed by atoms with Crippen molar-refractivity contribution in [2.75, 3.05) is 11.5 Å². The van der Waals surface area contributed by atoms with Gasteiger partial charge in [0.2, 0.25) is 5.95 Å². The molecule has 1 aromatic rings. The molecular formula is C5H8N4OS. The van der Waals surface area contributed by atoms with Gasteiger partial charge in [0.1, 0.15) is 0 Å². The van der Waals surface area contributed by atoms with E-state index < -0.39 is 0 Å². The molecule has 0 saturated carbocycles. The fourth-order valence-electron chi connectivity index (χ4n) is 1.01. The SMILES string of the molecule is Nc1nnc2n1C[C@@H](O)CS2. The number of aliphatic hydroxyl groups excluding tert-OH is 1. The average Bonchev–Trinajstić information content (AvgIpc) is 2.33. The molecule has 0 unspecified atom stereocenters. The van der Waals surface area contributed by atoms with E-state index >= 15 is 0 Å². The Balaban J connectivity index is 2.37. The molecule has 0 saturated heterocycles. The standard InChI is InChI=1S/C5H8N4OS/c6-4-7-8-5-9(4)1-3(10)2-11-5/h3,10H,1-2H2,(H2,6,7)/t3-/m1/s1. The van der Waals surface area contributed by atoms with Crippen LogP contribution in [0.4, 0.5) is 5.95 Å². The van der Waals surface area contributed by atoms with Crippen molar-refractivity contribution in [3.63, 3.8) is 0 Å². The van der Waals surface area contributed by atoms with Gasteiger partial charge in [0.15, 0.2) is 5.16 Å². The molecule has 0 fully saturated rings. The zero-order valence-electron chi connectivity index (χ0n) is 5.77. The van der Waals surface area contributed by atoms with E-state index in [1.165, 1.54) is 11.8 Å². The van der Waals surface area contributed by atoms with Gasteiger partial charge in [-0.3, -0.25) is 4.57 Å². The number of nitrogen functional groups attached to an aromatic ring is 1. The van der Waals surface area contributed by atoms with E-state index in [1.54, 1.807) is 4.57 Å². The summed E-state index contributed by atoms with van der Waals surface area (Å²) in [5.41, 5.74) is 5.49. The van der Waals surface area contributed by atoms with Gasteiger partial charge in [-0.2, -0.15) is 0 Å². The number of hydrogen-bond acceptors (Lipinski definition) is 5. The fourth-order valence-corrected chi connectivity index (χ4v) is 1.88. The third-order valence-corrected chi connectivity index (χ3v) is 2.66. The van der Waals surface area contributed by atoms with E-state index in [-0.39, 0.29) is 6.10 Å². The van der Waals surface area contributed by atoms with Crippen molar-refractivity contribution in [1.82, 2.24) is 14.8 Å². The molecule has 3 N–H and O–H groups in total. The second kappa shape index (κ2) is 2.38. The third kappa shape index (κ3) is 1.08. The quantitative estimate of drug-likeness (QED) is 0.542. The van der Waals surface area contributed by atoms with Gasteiger partial charge < -0.3 is 10.8 Å². The minimum Gasteiger partial charge on any atom is -0.390 e. The summed E-state index contributed by atoms with van der Waals surface area (Å²) < 4.78 is 1.72. The van der Waals surface area contributed by atoms with E-state index in [0.29, 0.717) is 18.2 Å². The van der Waals surface area contributed by atoms with Gasteiger partial charge >= 0.3 is 0 Å². The molecule has 0 aromatic carbocycles. The Hall–Kier alpha value is -0.750.